The predicted octanol–water partition coefficient (Wildman–Crippen LogP) is 4.31. The highest BCUT2D eigenvalue weighted by atomic mass is 15.4. The molecular weight excluding hydrogens is 350 g/mol. The van der Waals surface area contributed by atoms with Gasteiger partial charge in [-0.1, -0.05) is 12.8 Å². The Morgan fingerprint density at radius 1 is 1.29 bits per heavy atom. The van der Waals surface area contributed by atoms with Crippen molar-refractivity contribution in [3.63, 3.8) is 0 Å². The van der Waals surface area contributed by atoms with Gasteiger partial charge in [-0.3, -0.25) is 4.68 Å². The first-order valence-corrected chi connectivity index (χ1v) is 10.3. The molecule has 3 aromatic heterocycles. The maximum atomic E-state index is 9.44. The Morgan fingerprint density at radius 3 is 2.79 bits per heavy atom. The summed E-state index contributed by atoms with van der Waals surface area (Å²) in [7, 11) is 0. The van der Waals surface area contributed by atoms with Gasteiger partial charge in [0.2, 0.25) is 0 Å². The molecule has 0 amide bonds. The summed E-state index contributed by atoms with van der Waals surface area (Å²) in [6, 6.07) is 4.53. The standard InChI is InChI=1S/C21H27N7/c1-3-27(4-2)21-17(19-16-10-12-23-20(16)25-14-24-19)13-28(26-21)18(9-11-22)15-7-5-6-8-15/h10,12-15,18H,3-9H2,1-2H3,(H,23,24,25). The zero-order valence-electron chi connectivity index (χ0n) is 16.6. The van der Waals surface area contributed by atoms with Crippen molar-refractivity contribution in [1.82, 2.24) is 24.7 Å². The molecule has 1 saturated carbocycles. The molecule has 0 spiro atoms. The van der Waals surface area contributed by atoms with E-state index >= 15 is 0 Å². The number of rotatable bonds is 7. The van der Waals surface area contributed by atoms with Crippen molar-refractivity contribution < 1.29 is 0 Å². The van der Waals surface area contributed by atoms with Gasteiger partial charge in [-0.15, -0.1) is 0 Å². The summed E-state index contributed by atoms with van der Waals surface area (Å²) in [4.78, 5) is 14.3. The molecule has 7 heteroatoms. The van der Waals surface area contributed by atoms with Crippen LogP contribution in [0.4, 0.5) is 5.82 Å². The molecule has 1 aliphatic carbocycles. The van der Waals surface area contributed by atoms with Crippen LogP contribution in [0.2, 0.25) is 0 Å². The van der Waals surface area contributed by atoms with Crippen LogP contribution in [-0.2, 0) is 0 Å². The lowest BCUT2D eigenvalue weighted by Crippen LogP contribution is -2.24. The average Bonchev–Trinajstić information content (AvgIpc) is 3.47. The molecule has 3 heterocycles. The van der Waals surface area contributed by atoms with Gasteiger partial charge in [0.05, 0.1) is 29.8 Å². The minimum atomic E-state index is 0.124. The molecular formula is C21H27N7. The van der Waals surface area contributed by atoms with Gasteiger partial charge in [0.15, 0.2) is 5.82 Å². The molecule has 1 aliphatic rings. The van der Waals surface area contributed by atoms with E-state index < -0.39 is 0 Å². The smallest absolute Gasteiger partial charge is 0.160 e. The molecule has 0 aliphatic heterocycles. The number of aromatic amines is 1. The second-order valence-corrected chi connectivity index (χ2v) is 7.46. The molecule has 7 nitrogen and oxygen atoms in total. The minimum absolute atomic E-state index is 0.124. The minimum Gasteiger partial charge on any atom is -0.355 e. The summed E-state index contributed by atoms with van der Waals surface area (Å²) in [6.45, 7) is 6.02. The number of nitriles is 1. The Labute approximate surface area is 165 Å². The van der Waals surface area contributed by atoms with Gasteiger partial charge >= 0.3 is 0 Å². The van der Waals surface area contributed by atoms with E-state index in [2.05, 4.69) is 46.0 Å². The lowest BCUT2D eigenvalue weighted by Gasteiger charge is -2.22. The molecule has 0 aromatic carbocycles. The third kappa shape index (κ3) is 3.24. The third-order valence-electron chi connectivity index (χ3n) is 5.97. The fraction of sp³-hybridized carbons (Fsp3) is 0.524. The molecule has 1 atom stereocenters. The third-order valence-corrected chi connectivity index (χ3v) is 5.97. The van der Waals surface area contributed by atoms with Crippen molar-refractivity contribution in [2.75, 3.05) is 18.0 Å². The van der Waals surface area contributed by atoms with Crippen molar-refractivity contribution >= 4 is 16.9 Å². The monoisotopic (exact) mass is 377 g/mol. The van der Waals surface area contributed by atoms with Gasteiger partial charge in [0.1, 0.15) is 12.0 Å². The van der Waals surface area contributed by atoms with Crippen molar-refractivity contribution in [2.45, 2.75) is 52.0 Å². The van der Waals surface area contributed by atoms with Crippen LogP contribution in [0.5, 0.6) is 0 Å². The van der Waals surface area contributed by atoms with Crippen LogP contribution < -0.4 is 4.90 Å². The molecule has 3 aromatic rings. The fourth-order valence-corrected chi connectivity index (χ4v) is 4.47. The van der Waals surface area contributed by atoms with Crippen LogP contribution in [0.1, 0.15) is 52.0 Å². The van der Waals surface area contributed by atoms with Crippen LogP contribution >= 0.6 is 0 Å². The number of nitrogens with zero attached hydrogens (tertiary/aromatic N) is 6. The van der Waals surface area contributed by atoms with E-state index in [1.165, 1.54) is 25.7 Å². The van der Waals surface area contributed by atoms with E-state index in [0.717, 1.165) is 41.2 Å². The number of H-pyrrole nitrogens is 1. The summed E-state index contributed by atoms with van der Waals surface area (Å²) in [5.74, 6) is 1.46. The Balaban J connectivity index is 1.85. The van der Waals surface area contributed by atoms with Gasteiger partial charge in [0, 0.05) is 30.9 Å². The van der Waals surface area contributed by atoms with Gasteiger partial charge < -0.3 is 9.88 Å². The quantitative estimate of drug-likeness (QED) is 0.663. The van der Waals surface area contributed by atoms with Crippen LogP contribution in [-0.4, -0.2) is 37.8 Å². The lowest BCUT2D eigenvalue weighted by molar-refractivity contribution is 0.315. The van der Waals surface area contributed by atoms with Gasteiger partial charge in [-0.25, -0.2) is 9.97 Å². The highest BCUT2D eigenvalue weighted by Gasteiger charge is 2.29. The average molecular weight is 377 g/mol. The maximum absolute atomic E-state index is 9.44. The van der Waals surface area contributed by atoms with E-state index in [1.807, 2.05) is 16.9 Å². The van der Waals surface area contributed by atoms with Gasteiger partial charge in [0.25, 0.3) is 0 Å². The molecule has 1 fully saturated rings. The van der Waals surface area contributed by atoms with E-state index in [-0.39, 0.29) is 6.04 Å². The van der Waals surface area contributed by atoms with Crippen LogP contribution in [0.3, 0.4) is 0 Å². The number of aromatic nitrogens is 5. The lowest BCUT2D eigenvalue weighted by atomic mass is 9.96. The highest BCUT2D eigenvalue weighted by molar-refractivity contribution is 5.93. The number of hydrogen-bond acceptors (Lipinski definition) is 5. The zero-order valence-corrected chi connectivity index (χ0v) is 16.6. The molecule has 28 heavy (non-hydrogen) atoms. The second-order valence-electron chi connectivity index (χ2n) is 7.46. The normalized spacial score (nSPS) is 15.8. The molecule has 1 N–H and O–H groups in total. The summed E-state index contributed by atoms with van der Waals surface area (Å²) < 4.78 is 2.04. The van der Waals surface area contributed by atoms with Crippen LogP contribution in [0, 0.1) is 17.2 Å². The number of anilines is 1. The van der Waals surface area contributed by atoms with E-state index in [9.17, 15) is 5.26 Å². The number of fused-ring (bicyclic) bond motifs is 1. The first kappa shape index (κ1) is 18.5. The van der Waals surface area contributed by atoms with Gasteiger partial charge in [-0.2, -0.15) is 10.4 Å². The number of nitrogens with one attached hydrogen (secondary N) is 1. The van der Waals surface area contributed by atoms with Crippen molar-refractivity contribution in [3.8, 4) is 17.3 Å². The largest absolute Gasteiger partial charge is 0.355 e. The van der Waals surface area contributed by atoms with Crippen LogP contribution in [0.25, 0.3) is 22.3 Å². The topological polar surface area (TPSA) is 86.4 Å². The Bertz CT molecular complexity index is 970. The molecule has 146 valence electrons. The molecule has 4 rings (SSSR count). The van der Waals surface area contributed by atoms with Gasteiger partial charge in [-0.05, 0) is 38.7 Å². The predicted molar refractivity (Wildman–Crippen MR) is 110 cm³/mol. The molecule has 0 radical (unpaired) electrons. The van der Waals surface area contributed by atoms with Crippen molar-refractivity contribution in [1.29, 1.82) is 5.26 Å². The summed E-state index contributed by atoms with van der Waals surface area (Å²) in [5.41, 5.74) is 2.73. The Kier molecular flexibility index (Phi) is 5.29. The summed E-state index contributed by atoms with van der Waals surface area (Å²) in [5, 5.41) is 15.4. The first-order valence-electron chi connectivity index (χ1n) is 10.3. The fourth-order valence-electron chi connectivity index (χ4n) is 4.47. The summed E-state index contributed by atoms with van der Waals surface area (Å²) in [6.07, 6.45) is 10.9. The maximum Gasteiger partial charge on any atom is 0.160 e. The zero-order chi connectivity index (χ0) is 19.5. The Hall–Kier alpha value is -2.88. The molecule has 0 saturated heterocycles. The SMILES string of the molecule is CCN(CC)c1nn(C(CC#N)C2CCCC2)cc1-c1ncnc2[nH]ccc12. The molecule has 1 unspecified atom stereocenters. The van der Waals surface area contributed by atoms with E-state index in [0.29, 0.717) is 12.3 Å². The summed E-state index contributed by atoms with van der Waals surface area (Å²) >= 11 is 0. The highest BCUT2D eigenvalue weighted by Crippen LogP contribution is 2.39. The second kappa shape index (κ2) is 8.01. The first-order chi connectivity index (χ1) is 13.8. The molecule has 0 bridgehead atoms. The van der Waals surface area contributed by atoms with E-state index in [4.69, 9.17) is 5.10 Å². The van der Waals surface area contributed by atoms with E-state index in [1.54, 1.807) is 6.33 Å². The van der Waals surface area contributed by atoms with Crippen molar-refractivity contribution in [2.24, 2.45) is 5.92 Å². The number of hydrogen-bond donors (Lipinski definition) is 1. The van der Waals surface area contributed by atoms with Crippen LogP contribution in [0.15, 0.2) is 24.8 Å². The van der Waals surface area contributed by atoms with Crippen molar-refractivity contribution in [3.05, 3.63) is 24.8 Å². The Morgan fingerprint density at radius 2 is 2.07 bits per heavy atom.